The van der Waals surface area contributed by atoms with Crippen molar-refractivity contribution in [2.24, 2.45) is 5.92 Å². The van der Waals surface area contributed by atoms with Gasteiger partial charge in [0.15, 0.2) is 11.5 Å². The van der Waals surface area contributed by atoms with E-state index in [0.717, 1.165) is 57.3 Å². The van der Waals surface area contributed by atoms with Gasteiger partial charge in [0.1, 0.15) is 0 Å². The van der Waals surface area contributed by atoms with Crippen LogP contribution in [0.3, 0.4) is 0 Å². The maximum absolute atomic E-state index is 11.4. The minimum Gasteiger partial charge on any atom is -0.493 e. The molecule has 3 heterocycles. The van der Waals surface area contributed by atoms with Crippen molar-refractivity contribution >= 4 is 12.4 Å². The van der Waals surface area contributed by atoms with Gasteiger partial charge in [-0.1, -0.05) is 5.16 Å². The Kier molecular flexibility index (Phi) is 5.87. The van der Waals surface area contributed by atoms with Crippen LogP contribution in [-0.4, -0.2) is 61.3 Å². The molecule has 2 fully saturated rings. The van der Waals surface area contributed by atoms with Crippen LogP contribution in [0.1, 0.15) is 32.1 Å². The zero-order chi connectivity index (χ0) is 20.2. The molecule has 2 aliphatic heterocycles. The Balaban J connectivity index is 1.41. The molecule has 2 aliphatic rings. The fraction of sp³-hybridized carbons (Fsp3) is 0.571. The van der Waals surface area contributed by atoms with Gasteiger partial charge in [0.2, 0.25) is 12.2 Å². The van der Waals surface area contributed by atoms with Gasteiger partial charge < -0.3 is 23.8 Å². The van der Waals surface area contributed by atoms with Gasteiger partial charge in [-0.15, -0.1) is 0 Å². The number of methoxy groups -OCH3 is 2. The Morgan fingerprint density at radius 2 is 1.86 bits per heavy atom. The number of benzene rings is 1. The number of anilines is 1. The van der Waals surface area contributed by atoms with E-state index in [0.29, 0.717) is 35.3 Å². The number of hydrogen-bond acceptors (Lipinski definition) is 7. The summed E-state index contributed by atoms with van der Waals surface area (Å²) < 4.78 is 16.2. The smallest absolute Gasteiger partial charge is 0.324 e. The molecule has 1 amide bonds. The summed E-state index contributed by atoms with van der Waals surface area (Å²) in [5.74, 6) is 2.37. The van der Waals surface area contributed by atoms with E-state index in [4.69, 9.17) is 14.0 Å². The number of carbonyl (C=O) groups is 1. The molecule has 156 valence electrons. The van der Waals surface area contributed by atoms with Crippen molar-refractivity contribution in [3.63, 3.8) is 0 Å². The van der Waals surface area contributed by atoms with Crippen molar-refractivity contribution in [1.82, 2.24) is 15.0 Å². The number of hydrogen-bond donors (Lipinski definition) is 0. The minimum absolute atomic E-state index is 0.383. The molecule has 0 aliphatic carbocycles. The van der Waals surface area contributed by atoms with Crippen LogP contribution in [0.4, 0.5) is 6.01 Å². The first-order chi connectivity index (χ1) is 14.2. The van der Waals surface area contributed by atoms with Crippen LogP contribution in [0.5, 0.6) is 11.5 Å². The maximum Gasteiger partial charge on any atom is 0.324 e. The number of rotatable bonds is 6. The number of nitrogens with zero attached hydrogens (tertiary/aromatic N) is 4. The molecule has 8 nitrogen and oxygen atoms in total. The number of amides is 1. The molecule has 0 N–H and O–H groups in total. The molecule has 1 aromatic carbocycles. The summed E-state index contributed by atoms with van der Waals surface area (Å²) in [5.41, 5.74) is 0.816. The monoisotopic (exact) mass is 400 g/mol. The highest BCUT2D eigenvalue weighted by Crippen LogP contribution is 2.33. The normalized spacial score (nSPS) is 20.6. The van der Waals surface area contributed by atoms with Crippen molar-refractivity contribution in [2.75, 3.05) is 38.8 Å². The Bertz CT molecular complexity index is 832. The summed E-state index contributed by atoms with van der Waals surface area (Å²) in [4.78, 5) is 20.1. The van der Waals surface area contributed by atoms with E-state index in [1.54, 1.807) is 14.2 Å². The summed E-state index contributed by atoms with van der Waals surface area (Å²) in [6, 6.07) is 6.49. The van der Waals surface area contributed by atoms with Gasteiger partial charge in [-0.05, 0) is 56.2 Å². The number of aromatic nitrogens is 2. The van der Waals surface area contributed by atoms with E-state index in [-0.39, 0.29) is 0 Å². The Morgan fingerprint density at radius 1 is 1.07 bits per heavy atom. The summed E-state index contributed by atoms with van der Waals surface area (Å²) in [7, 11) is 3.21. The van der Waals surface area contributed by atoms with E-state index >= 15 is 0 Å². The summed E-state index contributed by atoms with van der Waals surface area (Å²) in [6.07, 6.45) is 6.55. The number of ether oxygens (including phenoxy) is 2. The SMILES string of the molecule is COc1ccc(-c2noc(N3CCC(C4CCCCN4C=O)CC3)n2)cc1OC. The maximum atomic E-state index is 11.4. The van der Waals surface area contributed by atoms with E-state index in [1.807, 2.05) is 23.1 Å². The van der Waals surface area contributed by atoms with Crippen LogP contribution >= 0.6 is 0 Å². The number of piperidine rings is 2. The standard InChI is InChI=1S/C21H28N4O4/c1-27-18-7-6-16(13-19(18)28-2)20-22-21(29-23-20)24-11-8-15(9-12-24)17-5-3-4-10-25(17)14-26/h6-7,13-15,17H,3-5,8-12H2,1-2H3. The van der Waals surface area contributed by atoms with Gasteiger partial charge in [0, 0.05) is 31.2 Å². The predicted octanol–water partition coefficient (Wildman–Crippen LogP) is 2.98. The van der Waals surface area contributed by atoms with Gasteiger partial charge >= 0.3 is 6.01 Å². The number of likely N-dealkylation sites (tertiary alicyclic amines) is 1. The molecule has 1 unspecified atom stereocenters. The minimum atomic E-state index is 0.383. The third-order valence-corrected chi connectivity index (χ3v) is 6.14. The van der Waals surface area contributed by atoms with Gasteiger partial charge in [0.25, 0.3) is 0 Å². The quantitative estimate of drug-likeness (QED) is 0.690. The third kappa shape index (κ3) is 4.02. The second-order valence-corrected chi connectivity index (χ2v) is 7.70. The van der Waals surface area contributed by atoms with Crippen molar-refractivity contribution in [1.29, 1.82) is 0 Å². The molecule has 0 saturated carbocycles. The summed E-state index contributed by atoms with van der Waals surface area (Å²) >= 11 is 0. The lowest BCUT2D eigenvalue weighted by atomic mass is 9.84. The van der Waals surface area contributed by atoms with Crippen molar-refractivity contribution in [3.05, 3.63) is 18.2 Å². The lowest BCUT2D eigenvalue weighted by Gasteiger charge is -2.41. The highest BCUT2D eigenvalue weighted by atomic mass is 16.5. The highest BCUT2D eigenvalue weighted by molar-refractivity contribution is 5.61. The van der Waals surface area contributed by atoms with Crippen molar-refractivity contribution in [2.45, 2.75) is 38.1 Å². The van der Waals surface area contributed by atoms with E-state index in [2.05, 4.69) is 15.0 Å². The fourth-order valence-corrected chi connectivity index (χ4v) is 4.53. The van der Waals surface area contributed by atoms with Crippen LogP contribution in [-0.2, 0) is 4.79 Å². The molecule has 29 heavy (non-hydrogen) atoms. The summed E-state index contributed by atoms with van der Waals surface area (Å²) in [6.45, 7) is 2.62. The zero-order valence-corrected chi connectivity index (χ0v) is 17.0. The second-order valence-electron chi connectivity index (χ2n) is 7.70. The van der Waals surface area contributed by atoms with E-state index < -0.39 is 0 Å². The van der Waals surface area contributed by atoms with E-state index in [9.17, 15) is 4.79 Å². The molecule has 1 aromatic heterocycles. The topological polar surface area (TPSA) is 80.9 Å². The average Bonchev–Trinajstić information content (AvgIpc) is 3.29. The van der Waals surface area contributed by atoms with Crippen LogP contribution < -0.4 is 14.4 Å². The molecule has 0 radical (unpaired) electrons. The predicted molar refractivity (Wildman–Crippen MR) is 108 cm³/mol. The van der Waals surface area contributed by atoms with Crippen molar-refractivity contribution < 1.29 is 18.8 Å². The van der Waals surface area contributed by atoms with Gasteiger partial charge in [0.05, 0.1) is 14.2 Å². The largest absolute Gasteiger partial charge is 0.493 e. The Labute approximate surface area is 170 Å². The van der Waals surface area contributed by atoms with Gasteiger partial charge in [-0.3, -0.25) is 4.79 Å². The first kappa shape index (κ1) is 19.5. The van der Waals surface area contributed by atoms with Gasteiger partial charge in [-0.2, -0.15) is 4.98 Å². The molecular formula is C21H28N4O4. The summed E-state index contributed by atoms with van der Waals surface area (Å²) in [5, 5.41) is 4.15. The van der Waals surface area contributed by atoms with Gasteiger partial charge in [-0.25, -0.2) is 0 Å². The zero-order valence-electron chi connectivity index (χ0n) is 17.0. The second kappa shape index (κ2) is 8.71. The third-order valence-electron chi connectivity index (χ3n) is 6.14. The Hall–Kier alpha value is -2.77. The molecule has 0 spiro atoms. The lowest BCUT2D eigenvalue weighted by molar-refractivity contribution is -0.122. The molecule has 8 heteroatoms. The average molecular weight is 400 g/mol. The van der Waals surface area contributed by atoms with Crippen LogP contribution in [0.2, 0.25) is 0 Å². The van der Waals surface area contributed by atoms with Crippen LogP contribution in [0.25, 0.3) is 11.4 Å². The first-order valence-corrected chi connectivity index (χ1v) is 10.3. The molecule has 4 rings (SSSR count). The number of carbonyl (C=O) groups excluding carboxylic acids is 1. The molecular weight excluding hydrogens is 372 g/mol. The molecule has 2 aromatic rings. The first-order valence-electron chi connectivity index (χ1n) is 10.3. The van der Waals surface area contributed by atoms with Crippen LogP contribution in [0.15, 0.2) is 22.7 Å². The molecule has 2 saturated heterocycles. The Morgan fingerprint density at radius 3 is 2.59 bits per heavy atom. The highest BCUT2D eigenvalue weighted by Gasteiger charge is 2.33. The molecule has 0 bridgehead atoms. The molecule has 1 atom stereocenters. The fourth-order valence-electron chi connectivity index (χ4n) is 4.53. The van der Waals surface area contributed by atoms with Crippen LogP contribution in [0, 0.1) is 5.92 Å². The van der Waals surface area contributed by atoms with Crippen molar-refractivity contribution in [3.8, 4) is 22.9 Å². The lowest BCUT2D eigenvalue weighted by Crippen LogP contribution is -2.47. The van der Waals surface area contributed by atoms with E-state index in [1.165, 1.54) is 6.42 Å².